The molecule has 1 fully saturated rings. The number of carbonyl (C=O) groups excluding carboxylic acids is 3. The number of thioether (sulfide) groups is 1. The van der Waals surface area contributed by atoms with Gasteiger partial charge in [-0.15, -0.1) is 11.8 Å². The molecule has 1 atom stereocenters. The first-order chi connectivity index (χ1) is 12.4. The zero-order valence-corrected chi connectivity index (χ0v) is 18.0. The summed E-state index contributed by atoms with van der Waals surface area (Å²) in [4.78, 5) is 38.2. The molecule has 1 aliphatic heterocycles. The maximum atomic E-state index is 12.7. The van der Waals surface area contributed by atoms with Crippen molar-refractivity contribution in [2.45, 2.75) is 71.6 Å². The van der Waals surface area contributed by atoms with E-state index in [2.05, 4.69) is 10.6 Å². The van der Waals surface area contributed by atoms with E-state index in [1.165, 1.54) is 0 Å². The fourth-order valence-electron chi connectivity index (χ4n) is 2.33. The van der Waals surface area contributed by atoms with Crippen molar-refractivity contribution in [2.24, 2.45) is 0 Å². The molecule has 1 aliphatic rings. The highest BCUT2D eigenvalue weighted by Gasteiger charge is 2.29. The minimum atomic E-state index is -0.681. The van der Waals surface area contributed by atoms with E-state index in [9.17, 15) is 14.4 Å². The van der Waals surface area contributed by atoms with Crippen LogP contribution < -0.4 is 10.6 Å². The van der Waals surface area contributed by atoms with Crippen molar-refractivity contribution < 1.29 is 23.9 Å². The quantitative estimate of drug-likeness (QED) is 0.662. The van der Waals surface area contributed by atoms with Crippen LogP contribution in [0.5, 0.6) is 0 Å². The maximum absolute atomic E-state index is 12.7. The van der Waals surface area contributed by atoms with Crippen molar-refractivity contribution in [3.05, 3.63) is 0 Å². The number of rotatable bonds is 6. The SMILES string of the molecule is CC(C)(C)OC(=O)NCCC[C@H](NC(=O)OC(C)(C)C)C(=O)N1CCSC1. The van der Waals surface area contributed by atoms with E-state index in [-0.39, 0.29) is 5.91 Å². The third-order valence-corrected chi connectivity index (χ3v) is 4.36. The Morgan fingerprint density at radius 3 is 2.15 bits per heavy atom. The molecule has 0 saturated carbocycles. The first kappa shape index (κ1) is 23.4. The van der Waals surface area contributed by atoms with Gasteiger partial charge in [-0.3, -0.25) is 4.79 Å². The molecule has 27 heavy (non-hydrogen) atoms. The van der Waals surface area contributed by atoms with Gasteiger partial charge in [-0.2, -0.15) is 0 Å². The Balaban J connectivity index is 2.54. The second-order valence-corrected chi connectivity index (χ2v) is 9.48. The molecule has 2 N–H and O–H groups in total. The van der Waals surface area contributed by atoms with Gasteiger partial charge in [0, 0.05) is 18.8 Å². The summed E-state index contributed by atoms with van der Waals surface area (Å²) in [5, 5.41) is 5.33. The minimum Gasteiger partial charge on any atom is -0.444 e. The molecular weight excluding hydrogens is 370 g/mol. The summed E-state index contributed by atoms with van der Waals surface area (Å²) in [6, 6.07) is -0.681. The molecule has 3 amide bonds. The number of nitrogens with zero attached hydrogens (tertiary/aromatic N) is 1. The van der Waals surface area contributed by atoms with Gasteiger partial charge >= 0.3 is 12.2 Å². The summed E-state index contributed by atoms with van der Waals surface area (Å²) in [7, 11) is 0. The van der Waals surface area contributed by atoms with Crippen LogP contribution in [0.1, 0.15) is 54.4 Å². The molecule has 156 valence electrons. The van der Waals surface area contributed by atoms with Crippen molar-refractivity contribution >= 4 is 29.9 Å². The lowest BCUT2D eigenvalue weighted by atomic mass is 10.1. The predicted molar refractivity (Wildman–Crippen MR) is 106 cm³/mol. The molecule has 0 aromatic rings. The lowest BCUT2D eigenvalue weighted by Gasteiger charge is -2.26. The molecule has 0 unspecified atom stereocenters. The molecule has 1 rings (SSSR count). The average molecular weight is 404 g/mol. The van der Waals surface area contributed by atoms with Crippen LogP contribution in [0.15, 0.2) is 0 Å². The van der Waals surface area contributed by atoms with Gasteiger partial charge in [0.15, 0.2) is 0 Å². The van der Waals surface area contributed by atoms with E-state index in [1.54, 1.807) is 58.2 Å². The van der Waals surface area contributed by atoms with Crippen molar-refractivity contribution in [3.63, 3.8) is 0 Å². The summed E-state index contributed by atoms with van der Waals surface area (Å²) in [6.45, 7) is 11.7. The molecule has 8 nitrogen and oxygen atoms in total. The second kappa shape index (κ2) is 10.1. The van der Waals surface area contributed by atoms with E-state index >= 15 is 0 Å². The van der Waals surface area contributed by atoms with Crippen LogP contribution in [0.25, 0.3) is 0 Å². The molecule has 1 heterocycles. The summed E-state index contributed by atoms with van der Waals surface area (Å²) < 4.78 is 10.4. The van der Waals surface area contributed by atoms with Gasteiger partial charge in [0.05, 0.1) is 5.88 Å². The molecule has 1 saturated heterocycles. The predicted octanol–water partition coefficient (Wildman–Crippen LogP) is 2.72. The van der Waals surface area contributed by atoms with E-state index in [0.29, 0.717) is 31.8 Å². The summed E-state index contributed by atoms with van der Waals surface area (Å²) in [5.41, 5.74) is -1.20. The molecular formula is C18H33N3O5S. The van der Waals surface area contributed by atoms with Gasteiger partial charge in [0.25, 0.3) is 0 Å². The lowest BCUT2D eigenvalue weighted by Crippen LogP contribution is -2.49. The zero-order chi connectivity index (χ0) is 20.7. The summed E-state index contributed by atoms with van der Waals surface area (Å²) in [6.07, 6.45) is -0.198. The number of carbonyl (C=O) groups is 3. The van der Waals surface area contributed by atoms with Gasteiger partial charge in [0.2, 0.25) is 5.91 Å². The summed E-state index contributed by atoms with van der Waals surface area (Å²) >= 11 is 1.68. The first-order valence-corrected chi connectivity index (χ1v) is 10.4. The Kier molecular flexibility index (Phi) is 8.71. The van der Waals surface area contributed by atoms with Gasteiger partial charge in [0.1, 0.15) is 17.2 Å². The zero-order valence-electron chi connectivity index (χ0n) is 17.2. The smallest absolute Gasteiger partial charge is 0.408 e. The Morgan fingerprint density at radius 1 is 1.04 bits per heavy atom. The normalized spacial score (nSPS) is 15.9. The molecule has 0 aromatic heterocycles. The van der Waals surface area contributed by atoms with Crippen LogP contribution in [0.3, 0.4) is 0 Å². The first-order valence-electron chi connectivity index (χ1n) is 9.20. The Morgan fingerprint density at radius 2 is 1.63 bits per heavy atom. The largest absolute Gasteiger partial charge is 0.444 e. The Labute approximate surface area is 166 Å². The number of alkyl carbamates (subject to hydrolysis) is 2. The fourth-order valence-corrected chi connectivity index (χ4v) is 3.28. The number of nitrogens with one attached hydrogen (secondary N) is 2. The average Bonchev–Trinajstić information content (AvgIpc) is 3.00. The molecule has 9 heteroatoms. The highest BCUT2D eigenvalue weighted by molar-refractivity contribution is 7.99. The van der Waals surface area contributed by atoms with Crippen molar-refractivity contribution in [2.75, 3.05) is 24.7 Å². The Hall–Kier alpha value is -1.64. The van der Waals surface area contributed by atoms with Crippen LogP contribution in [0.4, 0.5) is 9.59 Å². The summed E-state index contributed by atoms with van der Waals surface area (Å²) in [5.74, 6) is 1.40. The monoisotopic (exact) mass is 403 g/mol. The van der Waals surface area contributed by atoms with Crippen LogP contribution in [0.2, 0.25) is 0 Å². The number of amides is 3. The molecule has 0 spiro atoms. The highest BCUT2D eigenvalue weighted by atomic mass is 32.2. The topological polar surface area (TPSA) is 97.0 Å². The molecule has 0 bridgehead atoms. The standard InChI is InChI=1S/C18H33N3O5S/c1-17(2,3)25-15(23)19-9-7-8-13(14(22)21-10-11-27-12-21)20-16(24)26-18(4,5)6/h13H,7-12H2,1-6H3,(H,19,23)(H,20,24)/t13-/m0/s1. The van der Waals surface area contributed by atoms with Gasteiger partial charge < -0.3 is 25.0 Å². The number of hydrogen-bond acceptors (Lipinski definition) is 6. The third kappa shape index (κ3) is 10.3. The van der Waals surface area contributed by atoms with Crippen LogP contribution >= 0.6 is 11.8 Å². The van der Waals surface area contributed by atoms with Crippen molar-refractivity contribution in [3.8, 4) is 0 Å². The van der Waals surface area contributed by atoms with Crippen LogP contribution in [-0.4, -0.2) is 65.0 Å². The lowest BCUT2D eigenvalue weighted by molar-refractivity contribution is -0.132. The number of hydrogen-bond donors (Lipinski definition) is 2. The maximum Gasteiger partial charge on any atom is 0.408 e. The Bertz CT molecular complexity index is 522. The highest BCUT2D eigenvalue weighted by Crippen LogP contribution is 2.16. The van der Waals surface area contributed by atoms with Crippen molar-refractivity contribution in [1.29, 1.82) is 0 Å². The van der Waals surface area contributed by atoms with Crippen LogP contribution in [-0.2, 0) is 14.3 Å². The molecule has 0 aromatic carbocycles. The van der Waals surface area contributed by atoms with E-state index < -0.39 is 29.4 Å². The van der Waals surface area contributed by atoms with Gasteiger partial charge in [-0.25, -0.2) is 9.59 Å². The minimum absolute atomic E-state index is 0.122. The van der Waals surface area contributed by atoms with E-state index in [4.69, 9.17) is 9.47 Å². The number of ether oxygens (including phenoxy) is 2. The fraction of sp³-hybridized carbons (Fsp3) is 0.833. The van der Waals surface area contributed by atoms with Gasteiger partial charge in [-0.1, -0.05) is 0 Å². The van der Waals surface area contributed by atoms with E-state index in [1.807, 2.05) is 0 Å². The molecule has 0 aliphatic carbocycles. The molecule has 0 radical (unpaired) electrons. The van der Waals surface area contributed by atoms with Crippen molar-refractivity contribution in [1.82, 2.24) is 15.5 Å². The van der Waals surface area contributed by atoms with E-state index in [0.717, 1.165) is 5.75 Å². The second-order valence-electron chi connectivity index (χ2n) is 8.41. The van der Waals surface area contributed by atoms with Gasteiger partial charge in [-0.05, 0) is 54.4 Å². The third-order valence-electron chi connectivity index (χ3n) is 3.39. The van der Waals surface area contributed by atoms with Crippen LogP contribution in [0, 0.1) is 0 Å².